The predicted molar refractivity (Wildman–Crippen MR) is 113 cm³/mol. The molecule has 0 bridgehead atoms. The monoisotopic (exact) mass is 394 g/mol. The summed E-state index contributed by atoms with van der Waals surface area (Å²) < 4.78 is 2.00. The molecule has 1 N–H and O–H groups in total. The minimum absolute atomic E-state index is 0.524. The summed E-state index contributed by atoms with van der Waals surface area (Å²) >= 11 is 1.76. The van der Waals surface area contributed by atoms with Crippen molar-refractivity contribution in [3.8, 4) is 0 Å². The van der Waals surface area contributed by atoms with Gasteiger partial charge in [0.15, 0.2) is 11.8 Å². The highest BCUT2D eigenvalue weighted by Crippen LogP contribution is 2.27. The average Bonchev–Trinajstić information content (AvgIpc) is 3.47. The molecule has 0 saturated carbocycles. The van der Waals surface area contributed by atoms with E-state index in [1.165, 1.54) is 10.4 Å². The molecule has 3 aromatic rings. The largest absolute Gasteiger partial charge is 0.351 e. The number of likely N-dealkylation sites (tertiary alicyclic amines) is 1. The smallest absolute Gasteiger partial charge is 0.194 e. The fraction of sp³-hybridized carbons (Fsp3) is 0.381. The van der Waals surface area contributed by atoms with Crippen LogP contribution < -0.4 is 5.32 Å². The molecule has 146 valence electrons. The summed E-state index contributed by atoms with van der Waals surface area (Å²) in [5.41, 5.74) is 1.41. The van der Waals surface area contributed by atoms with Crippen LogP contribution in [0.15, 0.2) is 52.8 Å². The molecule has 1 aliphatic heterocycles. The summed E-state index contributed by atoms with van der Waals surface area (Å²) in [5.74, 6) is 3.29. The second kappa shape index (κ2) is 8.56. The maximum Gasteiger partial charge on any atom is 0.194 e. The van der Waals surface area contributed by atoms with E-state index in [9.17, 15) is 0 Å². The van der Waals surface area contributed by atoms with E-state index in [-0.39, 0.29) is 0 Å². The minimum atomic E-state index is 0.524. The Morgan fingerprint density at radius 2 is 2.07 bits per heavy atom. The maximum atomic E-state index is 4.89. The average molecular weight is 395 g/mol. The van der Waals surface area contributed by atoms with Crippen LogP contribution in [0, 0.1) is 6.92 Å². The van der Waals surface area contributed by atoms with Gasteiger partial charge in [-0.2, -0.15) is 0 Å². The number of aliphatic imine (C=N–C) groups is 1. The fourth-order valence-corrected chi connectivity index (χ4v) is 4.18. The lowest BCUT2D eigenvalue weighted by molar-refractivity contribution is 0.483. The van der Waals surface area contributed by atoms with Crippen molar-refractivity contribution in [2.24, 2.45) is 12.0 Å². The molecule has 0 aliphatic carbocycles. The molecule has 2 aromatic heterocycles. The number of thiophene rings is 1. The van der Waals surface area contributed by atoms with Gasteiger partial charge in [0.2, 0.25) is 0 Å². The summed E-state index contributed by atoms with van der Waals surface area (Å²) in [6.07, 6.45) is 1.15. The normalized spacial score (nSPS) is 17.3. The van der Waals surface area contributed by atoms with Crippen molar-refractivity contribution < 1.29 is 0 Å². The first-order valence-corrected chi connectivity index (χ1v) is 10.5. The molecule has 7 heteroatoms. The lowest BCUT2D eigenvalue weighted by Gasteiger charge is -2.22. The number of rotatable bonds is 5. The summed E-state index contributed by atoms with van der Waals surface area (Å²) in [6, 6.07) is 15.0. The van der Waals surface area contributed by atoms with Crippen LogP contribution in [-0.4, -0.2) is 38.7 Å². The molecule has 1 fully saturated rings. The molecule has 1 aliphatic rings. The zero-order valence-electron chi connectivity index (χ0n) is 16.4. The Morgan fingerprint density at radius 1 is 1.21 bits per heavy atom. The van der Waals surface area contributed by atoms with Gasteiger partial charge in [0, 0.05) is 30.9 Å². The van der Waals surface area contributed by atoms with Gasteiger partial charge >= 0.3 is 0 Å². The van der Waals surface area contributed by atoms with Crippen molar-refractivity contribution in [2.45, 2.75) is 32.4 Å². The van der Waals surface area contributed by atoms with E-state index in [1.54, 1.807) is 11.3 Å². The molecule has 6 nitrogen and oxygen atoms in total. The van der Waals surface area contributed by atoms with Gasteiger partial charge in [-0.05, 0) is 30.4 Å². The van der Waals surface area contributed by atoms with E-state index in [2.05, 4.69) is 68.3 Å². The van der Waals surface area contributed by atoms with Gasteiger partial charge in [0.1, 0.15) is 12.4 Å². The number of benzene rings is 1. The zero-order valence-corrected chi connectivity index (χ0v) is 17.2. The van der Waals surface area contributed by atoms with E-state index in [4.69, 9.17) is 4.99 Å². The number of hydrogen-bond donors (Lipinski definition) is 1. The Labute approximate surface area is 169 Å². The summed E-state index contributed by atoms with van der Waals surface area (Å²) in [6.45, 7) is 5.27. The molecule has 0 radical (unpaired) electrons. The van der Waals surface area contributed by atoms with E-state index >= 15 is 0 Å². The van der Waals surface area contributed by atoms with E-state index in [0.29, 0.717) is 12.5 Å². The molecule has 1 saturated heterocycles. The number of hydrogen-bond acceptors (Lipinski definition) is 4. The third kappa shape index (κ3) is 4.25. The molecule has 1 atom stereocenters. The van der Waals surface area contributed by atoms with Crippen molar-refractivity contribution >= 4 is 17.3 Å². The van der Waals surface area contributed by atoms with Crippen LogP contribution in [0.1, 0.15) is 34.4 Å². The fourth-order valence-electron chi connectivity index (χ4n) is 3.53. The molecule has 0 amide bonds. The topological polar surface area (TPSA) is 58.3 Å². The van der Waals surface area contributed by atoms with E-state index < -0.39 is 0 Å². The van der Waals surface area contributed by atoms with Crippen LogP contribution in [-0.2, 0) is 20.1 Å². The molecule has 28 heavy (non-hydrogen) atoms. The Kier molecular flexibility index (Phi) is 5.71. The second-order valence-corrected chi connectivity index (χ2v) is 8.17. The zero-order chi connectivity index (χ0) is 19.3. The Bertz CT molecular complexity index is 916. The van der Waals surface area contributed by atoms with Crippen LogP contribution in [0.5, 0.6) is 0 Å². The highest BCUT2D eigenvalue weighted by atomic mass is 32.1. The van der Waals surface area contributed by atoms with Gasteiger partial charge in [-0.1, -0.05) is 36.4 Å². The van der Waals surface area contributed by atoms with Crippen molar-refractivity contribution in [1.29, 1.82) is 0 Å². The van der Waals surface area contributed by atoms with Gasteiger partial charge in [-0.15, -0.1) is 21.5 Å². The van der Waals surface area contributed by atoms with Crippen molar-refractivity contribution in [2.75, 3.05) is 13.1 Å². The van der Waals surface area contributed by atoms with Crippen molar-refractivity contribution in [3.63, 3.8) is 0 Å². The standard InChI is InChI=1S/C21H26N6S/c1-16-24-25-20(26(16)2)14-23-21(22-13-19-9-6-12-28-19)27-11-10-18(15-27)17-7-4-3-5-8-17/h3-9,12,18H,10-11,13-15H2,1-2H3,(H,22,23). The third-order valence-corrected chi connectivity index (χ3v) is 6.19. The highest BCUT2D eigenvalue weighted by Gasteiger charge is 2.26. The molecular weight excluding hydrogens is 368 g/mol. The Balaban J connectivity index is 1.49. The van der Waals surface area contributed by atoms with Crippen LogP contribution in [0.3, 0.4) is 0 Å². The Hall–Kier alpha value is -2.67. The third-order valence-electron chi connectivity index (χ3n) is 5.31. The molecule has 4 rings (SSSR count). The number of aromatic nitrogens is 3. The SMILES string of the molecule is Cc1nnc(CN=C(NCc2cccs2)N2CCC(c3ccccc3)C2)n1C. The van der Waals surface area contributed by atoms with Gasteiger partial charge in [0.25, 0.3) is 0 Å². The van der Waals surface area contributed by atoms with Crippen molar-refractivity contribution in [1.82, 2.24) is 25.0 Å². The summed E-state index contributed by atoms with van der Waals surface area (Å²) in [7, 11) is 1.99. The first kappa shape index (κ1) is 18.7. The molecule has 0 spiro atoms. The van der Waals surface area contributed by atoms with Crippen LogP contribution >= 0.6 is 11.3 Å². The number of guanidine groups is 1. The maximum absolute atomic E-state index is 4.89. The van der Waals surface area contributed by atoms with Gasteiger partial charge < -0.3 is 14.8 Å². The Morgan fingerprint density at radius 3 is 2.79 bits per heavy atom. The van der Waals surface area contributed by atoms with Crippen LogP contribution in [0.4, 0.5) is 0 Å². The van der Waals surface area contributed by atoms with Crippen LogP contribution in [0.2, 0.25) is 0 Å². The highest BCUT2D eigenvalue weighted by molar-refractivity contribution is 7.09. The van der Waals surface area contributed by atoms with E-state index in [1.807, 2.05) is 18.5 Å². The summed E-state index contributed by atoms with van der Waals surface area (Å²) in [4.78, 5) is 8.57. The predicted octanol–water partition coefficient (Wildman–Crippen LogP) is 3.32. The quantitative estimate of drug-likeness (QED) is 0.533. The van der Waals surface area contributed by atoms with Crippen LogP contribution in [0.25, 0.3) is 0 Å². The molecule has 1 unspecified atom stereocenters. The van der Waals surface area contributed by atoms with E-state index in [0.717, 1.165) is 43.7 Å². The lowest BCUT2D eigenvalue weighted by atomic mass is 9.99. The number of nitrogens with zero attached hydrogens (tertiary/aromatic N) is 5. The van der Waals surface area contributed by atoms with Gasteiger partial charge in [-0.25, -0.2) is 4.99 Å². The van der Waals surface area contributed by atoms with Gasteiger partial charge in [-0.3, -0.25) is 0 Å². The number of aryl methyl sites for hydroxylation is 1. The minimum Gasteiger partial charge on any atom is -0.351 e. The molecule has 1 aromatic carbocycles. The van der Waals surface area contributed by atoms with Gasteiger partial charge in [0.05, 0.1) is 6.54 Å². The summed E-state index contributed by atoms with van der Waals surface area (Å²) in [5, 5.41) is 14.1. The molecule has 3 heterocycles. The first-order valence-electron chi connectivity index (χ1n) is 9.66. The van der Waals surface area contributed by atoms with Crippen molar-refractivity contribution in [3.05, 3.63) is 69.9 Å². The lowest BCUT2D eigenvalue weighted by Crippen LogP contribution is -2.39. The molecular formula is C21H26N6S. The second-order valence-electron chi connectivity index (χ2n) is 7.14. The first-order chi connectivity index (χ1) is 13.7. The number of nitrogens with one attached hydrogen (secondary N) is 1.